The third kappa shape index (κ3) is 5.78. The first-order valence-electron chi connectivity index (χ1n) is 10.3. The maximum atomic E-state index is 13.0. The fraction of sp³-hybridized carbons (Fsp3) is 0.455. The standard InChI is InChI=1S/C22H25F3N4O4/c1-12-6-15(8-27-20(12)33-11-22(23,24)25)14(3)29-9-17-16(21(29)32)4-5-26-18(17)7-19(31)28-13(2)10-30/h4-6,8,13-14,30H,7,9-11H2,1-3H3,(H,28,31)/t13-,14?/m0/s1. The lowest BCUT2D eigenvalue weighted by Crippen LogP contribution is -2.36. The lowest BCUT2D eigenvalue weighted by atomic mass is 10.1. The molecule has 0 saturated carbocycles. The van der Waals surface area contributed by atoms with Crippen molar-refractivity contribution < 1.29 is 32.6 Å². The highest BCUT2D eigenvalue weighted by atomic mass is 19.4. The van der Waals surface area contributed by atoms with Crippen LogP contribution in [-0.4, -0.2) is 57.2 Å². The number of aryl methyl sites for hydroxylation is 1. The summed E-state index contributed by atoms with van der Waals surface area (Å²) in [6.07, 6.45) is -1.63. The number of aliphatic hydroxyl groups is 1. The molecule has 2 atom stereocenters. The molecule has 33 heavy (non-hydrogen) atoms. The van der Waals surface area contributed by atoms with Crippen molar-refractivity contribution in [3.05, 3.63) is 52.5 Å². The van der Waals surface area contributed by atoms with Crippen LogP contribution in [0.25, 0.3) is 0 Å². The first-order valence-corrected chi connectivity index (χ1v) is 10.3. The van der Waals surface area contributed by atoms with Gasteiger partial charge in [-0.05, 0) is 38.5 Å². The molecule has 2 amide bonds. The Morgan fingerprint density at radius 1 is 1.33 bits per heavy atom. The molecule has 0 aliphatic carbocycles. The van der Waals surface area contributed by atoms with Gasteiger partial charge in [0, 0.05) is 41.7 Å². The molecular weight excluding hydrogens is 441 g/mol. The second kappa shape index (κ2) is 9.74. The number of carbonyl (C=O) groups is 2. The summed E-state index contributed by atoms with van der Waals surface area (Å²) in [5.74, 6) is -0.667. The van der Waals surface area contributed by atoms with E-state index < -0.39 is 24.9 Å². The summed E-state index contributed by atoms with van der Waals surface area (Å²) in [6.45, 7) is 3.65. The number of nitrogens with one attached hydrogen (secondary N) is 1. The number of halogens is 3. The summed E-state index contributed by atoms with van der Waals surface area (Å²) in [7, 11) is 0. The summed E-state index contributed by atoms with van der Waals surface area (Å²) in [6, 6.07) is 2.41. The minimum Gasteiger partial charge on any atom is -0.468 e. The Balaban J connectivity index is 1.76. The number of nitrogens with zero attached hydrogens (tertiary/aromatic N) is 3. The van der Waals surface area contributed by atoms with E-state index in [-0.39, 0.29) is 37.3 Å². The van der Waals surface area contributed by atoms with Crippen molar-refractivity contribution in [1.82, 2.24) is 20.2 Å². The third-order valence-electron chi connectivity index (χ3n) is 5.35. The molecule has 1 aliphatic rings. The molecular formula is C22H25F3N4O4. The predicted octanol–water partition coefficient (Wildman–Crippen LogP) is 2.48. The molecule has 3 heterocycles. The largest absolute Gasteiger partial charge is 0.468 e. The second-order valence-corrected chi connectivity index (χ2v) is 8.02. The second-order valence-electron chi connectivity index (χ2n) is 8.02. The van der Waals surface area contributed by atoms with E-state index in [2.05, 4.69) is 15.3 Å². The predicted molar refractivity (Wildman–Crippen MR) is 111 cm³/mol. The molecule has 0 radical (unpaired) electrons. The van der Waals surface area contributed by atoms with Gasteiger partial charge in [0.05, 0.1) is 24.8 Å². The quantitative estimate of drug-likeness (QED) is 0.620. The summed E-state index contributed by atoms with van der Waals surface area (Å²) >= 11 is 0. The Morgan fingerprint density at radius 2 is 2.06 bits per heavy atom. The highest BCUT2D eigenvalue weighted by molar-refractivity contribution is 5.99. The molecule has 3 rings (SSSR count). The monoisotopic (exact) mass is 466 g/mol. The van der Waals surface area contributed by atoms with Gasteiger partial charge in [0.25, 0.3) is 5.91 Å². The van der Waals surface area contributed by atoms with Gasteiger partial charge < -0.3 is 20.1 Å². The number of alkyl halides is 3. The maximum Gasteiger partial charge on any atom is 0.422 e. The number of pyridine rings is 2. The summed E-state index contributed by atoms with van der Waals surface area (Å²) < 4.78 is 42.0. The van der Waals surface area contributed by atoms with Crippen LogP contribution in [0.2, 0.25) is 0 Å². The van der Waals surface area contributed by atoms with Crippen LogP contribution in [0.4, 0.5) is 13.2 Å². The molecule has 0 fully saturated rings. The lowest BCUT2D eigenvalue weighted by Gasteiger charge is -2.25. The first kappa shape index (κ1) is 24.4. The average molecular weight is 466 g/mol. The van der Waals surface area contributed by atoms with E-state index in [1.807, 2.05) is 0 Å². The lowest BCUT2D eigenvalue weighted by molar-refractivity contribution is -0.154. The van der Waals surface area contributed by atoms with E-state index in [1.165, 1.54) is 12.4 Å². The van der Waals surface area contributed by atoms with Gasteiger partial charge in [-0.2, -0.15) is 13.2 Å². The SMILES string of the molecule is Cc1cc(C(C)N2Cc3c(ccnc3CC(=O)N[C@@H](C)CO)C2=O)cnc1OCC(F)(F)F. The van der Waals surface area contributed by atoms with E-state index in [0.29, 0.717) is 27.9 Å². The zero-order valence-corrected chi connectivity index (χ0v) is 18.4. The number of hydrogen-bond acceptors (Lipinski definition) is 6. The number of fused-ring (bicyclic) bond motifs is 1. The normalized spacial score (nSPS) is 15.2. The molecule has 0 spiro atoms. The van der Waals surface area contributed by atoms with Crippen molar-refractivity contribution in [2.45, 2.75) is 52.0 Å². The van der Waals surface area contributed by atoms with Gasteiger partial charge in [0.15, 0.2) is 6.61 Å². The molecule has 1 unspecified atom stereocenters. The Kier molecular flexibility index (Phi) is 7.21. The highest BCUT2D eigenvalue weighted by Crippen LogP contribution is 2.33. The van der Waals surface area contributed by atoms with Crippen molar-refractivity contribution >= 4 is 11.8 Å². The number of aromatic nitrogens is 2. The Hall–Kier alpha value is -3.21. The number of ether oxygens (including phenoxy) is 1. The Bertz CT molecular complexity index is 1040. The van der Waals surface area contributed by atoms with Crippen LogP contribution in [-0.2, 0) is 17.8 Å². The molecule has 2 aromatic rings. The smallest absolute Gasteiger partial charge is 0.422 e. The van der Waals surface area contributed by atoms with Crippen LogP contribution in [0.15, 0.2) is 24.5 Å². The van der Waals surface area contributed by atoms with Crippen LogP contribution >= 0.6 is 0 Å². The van der Waals surface area contributed by atoms with Gasteiger partial charge in [-0.25, -0.2) is 4.98 Å². The fourth-order valence-corrected chi connectivity index (χ4v) is 3.59. The van der Waals surface area contributed by atoms with Crippen molar-refractivity contribution in [2.24, 2.45) is 0 Å². The van der Waals surface area contributed by atoms with E-state index in [1.54, 1.807) is 37.8 Å². The fourth-order valence-electron chi connectivity index (χ4n) is 3.59. The molecule has 2 aromatic heterocycles. The number of aliphatic hydroxyl groups excluding tert-OH is 1. The molecule has 11 heteroatoms. The molecule has 1 aliphatic heterocycles. The Morgan fingerprint density at radius 3 is 2.70 bits per heavy atom. The molecule has 8 nitrogen and oxygen atoms in total. The van der Waals surface area contributed by atoms with Crippen LogP contribution in [0.5, 0.6) is 5.88 Å². The Labute approximate surface area is 188 Å². The molecule has 2 N–H and O–H groups in total. The minimum absolute atomic E-state index is 0.0328. The van der Waals surface area contributed by atoms with Gasteiger partial charge >= 0.3 is 6.18 Å². The van der Waals surface area contributed by atoms with E-state index in [0.717, 1.165) is 0 Å². The van der Waals surface area contributed by atoms with E-state index in [4.69, 9.17) is 9.84 Å². The van der Waals surface area contributed by atoms with Crippen molar-refractivity contribution in [3.63, 3.8) is 0 Å². The maximum absolute atomic E-state index is 13.0. The number of hydrogen-bond donors (Lipinski definition) is 2. The van der Waals surface area contributed by atoms with Gasteiger partial charge in [0.1, 0.15) is 0 Å². The molecule has 178 valence electrons. The number of amides is 2. The highest BCUT2D eigenvalue weighted by Gasteiger charge is 2.34. The van der Waals surface area contributed by atoms with Crippen molar-refractivity contribution in [2.75, 3.05) is 13.2 Å². The van der Waals surface area contributed by atoms with Crippen LogP contribution in [0, 0.1) is 6.92 Å². The third-order valence-corrected chi connectivity index (χ3v) is 5.35. The average Bonchev–Trinajstić information content (AvgIpc) is 3.09. The topological polar surface area (TPSA) is 105 Å². The van der Waals surface area contributed by atoms with Crippen LogP contribution in [0.3, 0.4) is 0 Å². The van der Waals surface area contributed by atoms with Crippen LogP contribution < -0.4 is 10.1 Å². The molecule has 0 aromatic carbocycles. The van der Waals surface area contributed by atoms with Gasteiger partial charge in [0.2, 0.25) is 11.8 Å². The van der Waals surface area contributed by atoms with Crippen LogP contribution in [0.1, 0.15) is 52.6 Å². The minimum atomic E-state index is -4.47. The van der Waals surface area contributed by atoms with E-state index >= 15 is 0 Å². The van der Waals surface area contributed by atoms with Crippen molar-refractivity contribution in [1.29, 1.82) is 0 Å². The van der Waals surface area contributed by atoms with Crippen molar-refractivity contribution in [3.8, 4) is 5.88 Å². The van der Waals surface area contributed by atoms with Gasteiger partial charge in [-0.15, -0.1) is 0 Å². The summed E-state index contributed by atoms with van der Waals surface area (Å²) in [4.78, 5) is 35.1. The number of rotatable bonds is 8. The van der Waals surface area contributed by atoms with Gasteiger partial charge in [-0.3, -0.25) is 14.6 Å². The number of carbonyl (C=O) groups excluding carboxylic acids is 2. The zero-order chi connectivity index (χ0) is 24.3. The first-order chi connectivity index (χ1) is 15.5. The summed E-state index contributed by atoms with van der Waals surface area (Å²) in [5.41, 5.74) is 2.63. The zero-order valence-electron chi connectivity index (χ0n) is 18.4. The molecule has 0 saturated heterocycles. The summed E-state index contributed by atoms with van der Waals surface area (Å²) in [5, 5.41) is 11.8. The van der Waals surface area contributed by atoms with E-state index in [9.17, 15) is 22.8 Å². The van der Waals surface area contributed by atoms with Gasteiger partial charge in [-0.1, -0.05) is 0 Å². The molecule has 0 bridgehead atoms.